The second-order valence-electron chi connectivity index (χ2n) is 8.01. The Morgan fingerprint density at radius 3 is 1.87 bits per heavy atom. The molecule has 154 valence electrons. The van der Waals surface area contributed by atoms with Crippen molar-refractivity contribution in [3.05, 3.63) is 95.1 Å². The van der Waals surface area contributed by atoms with Crippen molar-refractivity contribution in [3.63, 3.8) is 0 Å². The highest BCUT2D eigenvalue weighted by atomic mass is 16.7. The molecule has 1 saturated heterocycles. The Morgan fingerprint density at radius 1 is 0.733 bits per heavy atom. The Hall–Kier alpha value is -2.82. The summed E-state index contributed by atoms with van der Waals surface area (Å²) < 4.78 is 24.3. The van der Waals surface area contributed by atoms with Crippen molar-refractivity contribution in [3.8, 4) is 11.5 Å². The predicted octanol–water partition coefficient (Wildman–Crippen LogP) is 5.23. The first-order valence-corrected chi connectivity index (χ1v) is 10.4. The van der Waals surface area contributed by atoms with E-state index in [9.17, 15) is 0 Å². The minimum Gasteiger partial charge on any atom is -0.493 e. The van der Waals surface area contributed by atoms with Crippen LogP contribution in [0.5, 0.6) is 11.5 Å². The average molecular weight is 402 g/mol. The van der Waals surface area contributed by atoms with Crippen molar-refractivity contribution in [2.24, 2.45) is 0 Å². The van der Waals surface area contributed by atoms with Gasteiger partial charge in [0, 0.05) is 12.8 Å². The summed E-state index contributed by atoms with van der Waals surface area (Å²) >= 11 is 0. The van der Waals surface area contributed by atoms with Gasteiger partial charge in [0.2, 0.25) is 0 Å². The largest absolute Gasteiger partial charge is 0.493 e. The lowest BCUT2D eigenvalue weighted by Gasteiger charge is -2.39. The molecule has 0 amide bonds. The Bertz CT molecular complexity index is 992. The highest BCUT2D eigenvalue weighted by Gasteiger charge is 2.53. The summed E-state index contributed by atoms with van der Waals surface area (Å²) in [6.07, 6.45) is 2.37. The molecular weight excluding hydrogens is 376 g/mol. The standard InChI is InChI=1S/C26H26O4/c1-27-23-15-19-17-25(29-18-20(19)16-24(23)28-2)13-14-26(30-25,21-9-5-3-6-10-21)22-11-7-4-8-12-22/h3-12,15-16H,13-14,17-18H2,1-2H3/t25-/m1/s1. The van der Waals surface area contributed by atoms with Crippen molar-refractivity contribution < 1.29 is 18.9 Å². The summed E-state index contributed by atoms with van der Waals surface area (Å²) in [7, 11) is 3.32. The van der Waals surface area contributed by atoms with Crippen LogP contribution in [0.4, 0.5) is 0 Å². The van der Waals surface area contributed by atoms with Crippen LogP contribution in [0.3, 0.4) is 0 Å². The quantitative estimate of drug-likeness (QED) is 0.599. The summed E-state index contributed by atoms with van der Waals surface area (Å²) in [5, 5.41) is 0. The number of hydrogen-bond acceptors (Lipinski definition) is 4. The summed E-state index contributed by atoms with van der Waals surface area (Å²) in [6.45, 7) is 0.495. The number of rotatable bonds is 4. The molecule has 4 nitrogen and oxygen atoms in total. The molecule has 1 fully saturated rings. The van der Waals surface area contributed by atoms with Crippen LogP contribution in [-0.2, 0) is 28.1 Å². The number of benzene rings is 3. The zero-order valence-corrected chi connectivity index (χ0v) is 17.4. The van der Waals surface area contributed by atoms with Crippen LogP contribution >= 0.6 is 0 Å². The summed E-state index contributed by atoms with van der Waals surface area (Å²) in [6, 6.07) is 25.0. The van der Waals surface area contributed by atoms with Gasteiger partial charge in [-0.2, -0.15) is 0 Å². The Labute approximate surface area is 177 Å². The van der Waals surface area contributed by atoms with E-state index in [2.05, 4.69) is 54.6 Å². The summed E-state index contributed by atoms with van der Waals surface area (Å²) in [4.78, 5) is 0. The van der Waals surface area contributed by atoms with Gasteiger partial charge in [0.05, 0.1) is 20.8 Å². The van der Waals surface area contributed by atoms with Crippen molar-refractivity contribution in [1.82, 2.24) is 0 Å². The van der Waals surface area contributed by atoms with E-state index < -0.39 is 11.4 Å². The van der Waals surface area contributed by atoms with E-state index in [1.807, 2.05) is 18.2 Å². The van der Waals surface area contributed by atoms with E-state index in [0.29, 0.717) is 13.0 Å². The predicted molar refractivity (Wildman–Crippen MR) is 115 cm³/mol. The van der Waals surface area contributed by atoms with Crippen LogP contribution < -0.4 is 9.47 Å². The van der Waals surface area contributed by atoms with Crippen LogP contribution in [0.25, 0.3) is 0 Å². The van der Waals surface area contributed by atoms with E-state index in [1.165, 1.54) is 5.56 Å². The fourth-order valence-corrected chi connectivity index (χ4v) is 4.81. The third-order valence-corrected chi connectivity index (χ3v) is 6.35. The van der Waals surface area contributed by atoms with E-state index >= 15 is 0 Å². The zero-order chi connectivity index (χ0) is 20.6. The molecule has 1 atom stereocenters. The Balaban J connectivity index is 1.54. The molecule has 0 radical (unpaired) electrons. The highest BCUT2D eigenvalue weighted by Crippen LogP contribution is 2.52. The molecule has 0 N–H and O–H groups in total. The molecule has 1 spiro atoms. The van der Waals surface area contributed by atoms with Gasteiger partial charge in [-0.3, -0.25) is 0 Å². The van der Waals surface area contributed by atoms with E-state index in [-0.39, 0.29) is 0 Å². The molecule has 5 rings (SSSR count). The third-order valence-electron chi connectivity index (χ3n) is 6.35. The average Bonchev–Trinajstić information content (AvgIpc) is 3.19. The topological polar surface area (TPSA) is 36.9 Å². The normalized spacial score (nSPS) is 21.9. The van der Waals surface area contributed by atoms with Crippen LogP contribution in [0.15, 0.2) is 72.8 Å². The maximum Gasteiger partial charge on any atom is 0.174 e. The maximum absolute atomic E-state index is 6.94. The maximum atomic E-state index is 6.94. The molecule has 2 aliphatic heterocycles. The monoisotopic (exact) mass is 402 g/mol. The van der Waals surface area contributed by atoms with Gasteiger partial charge in [-0.1, -0.05) is 60.7 Å². The smallest absolute Gasteiger partial charge is 0.174 e. The summed E-state index contributed by atoms with van der Waals surface area (Å²) in [5.74, 6) is 0.813. The van der Waals surface area contributed by atoms with Crippen molar-refractivity contribution in [2.45, 2.75) is 37.3 Å². The number of ether oxygens (including phenoxy) is 4. The first-order valence-electron chi connectivity index (χ1n) is 10.4. The molecule has 3 aromatic carbocycles. The Kier molecular flexibility index (Phi) is 4.76. The van der Waals surface area contributed by atoms with Crippen LogP contribution in [-0.4, -0.2) is 20.0 Å². The van der Waals surface area contributed by atoms with Gasteiger partial charge < -0.3 is 18.9 Å². The van der Waals surface area contributed by atoms with Gasteiger partial charge in [-0.25, -0.2) is 0 Å². The highest BCUT2D eigenvalue weighted by molar-refractivity contribution is 5.48. The van der Waals surface area contributed by atoms with Crippen molar-refractivity contribution in [1.29, 1.82) is 0 Å². The van der Waals surface area contributed by atoms with Gasteiger partial charge in [0.25, 0.3) is 0 Å². The Morgan fingerprint density at radius 2 is 1.30 bits per heavy atom. The second-order valence-corrected chi connectivity index (χ2v) is 8.01. The molecule has 0 aromatic heterocycles. The molecule has 30 heavy (non-hydrogen) atoms. The molecule has 3 aromatic rings. The van der Waals surface area contributed by atoms with Crippen LogP contribution in [0.2, 0.25) is 0 Å². The lowest BCUT2D eigenvalue weighted by molar-refractivity contribution is -0.257. The van der Waals surface area contributed by atoms with E-state index in [4.69, 9.17) is 18.9 Å². The van der Waals surface area contributed by atoms with E-state index in [0.717, 1.165) is 41.0 Å². The molecule has 0 saturated carbocycles. The lowest BCUT2D eigenvalue weighted by atomic mass is 9.83. The van der Waals surface area contributed by atoms with Gasteiger partial charge >= 0.3 is 0 Å². The van der Waals surface area contributed by atoms with Crippen molar-refractivity contribution in [2.75, 3.05) is 14.2 Å². The fraction of sp³-hybridized carbons (Fsp3) is 0.308. The molecule has 2 heterocycles. The minimum absolute atomic E-state index is 0.495. The van der Waals surface area contributed by atoms with E-state index in [1.54, 1.807) is 14.2 Å². The molecule has 2 aliphatic rings. The van der Waals surface area contributed by atoms with Gasteiger partial charge in [-0.15, -0.1) is 0 Å². The first kappa shape index (κ1) is 19.2. The SMILES string of the molecule is COc1cc2c(cc1OC)C[C@]1(CCC(c3ccccc3)(c3ccccc3)O1)OC2. The first-order chi connectivity index (χ1) is 14.7. The number of hydrogen-bond donors (Lipinski definition) is 0. The molecule has 0 aliphatic carbocycles. The van der Waals surface area contributed by atoms with Gasteiger partial charge in [-0.05, 0) is 40.8 Å². The van der Waals surface area contributed by atoms with Gasteiger partial charge in [0.1, 0.15) is 5.60 Å². The molecule has 0 bridgehead atoms. The van der Waals surface area contributed by atoms with Crippen LogP contribution in [0.1, 0.15) is 35.1 Å². The lowest BCUT2D eigenvalue weighted by Crippen LogP contribution is -2.41. The molecular formula is C26H26O4. The van der Waals surface area contributed by atoms with Gasteiger partial charge in [0.15, 0.2) is 17.3 Å². The second kappa shape index (κ2) is 7.46. The molecule has 0 unspecified atom stereocenters. The fourth-order valence-electron chi connectivity index (χ4n) is 4.81. The number of fused-ring (bicyclic) bond motifs is 1. The third kappa shape index (κ3) is 3.08. The van der Waals surface area contributed by atoms with Crippen LogP contribution in [0, 0.1) is 0 Å². The number of methoxy groups -OCH3 is 2. The zero-order valence-electron chi connectivity index (χ0n) is 17.4. The summed E-state index contributed by atoms with van der Waals surface area (Å²) in [5.41, 5.74) is 4.12. The van der Waals surface area contributed by atoms with Crippen molar-refractivity contribution >= 4 is 0 Å². The minimum atomic E-state index is -0.654. The molecule has 4 heteroatoms.